The van der Waals surface area contributed by atoms with Crippen LogP contribution in [0, 0.1) is 0 Å². The number of hydrogen-bond acceptors (Lipinski definition) is 5. The van der Waals surface area contributed by atoms with Crippen LogP contribution in [0.4, 0.5) is 24.7 Å². The molecule has 0 N–H and O–H groups in total. The Hall–Kier alpha value is -3.07. The van der Waals surface area contributed by atoms with Gasteiger partial charge >= 0.3 is 6.18 Å². The molecule has 1 aliphatic heterocycles. The number of sulfone groups is 1. The predicted molar refractivity (Wildman–Crippen MR) is 118 cm³/mol. The number of halogens is 3. The van der Waals surface area contributed by atoms with E-state index in [1.807, 2.05) is 41.3 Å². The van der Waals surface area contributed by atoms with E-state index in [2.05, 4.69) is 9.88 Å². The topological polar surface area (TPSA) is 53.5 Å². The van der Waals surface area contributed by atoms with Crippen molar-refractivity contribution in [3.63, 3.8) is 0 Å². The van der Waals surface area contributed by atoms with Crippen molar-refractivity contribution in [1.82, 2.24) is 4.98 Å². The molecule has 0 aliphatic carbocycles. The third kappa shape index (κ3) is 4.72. The molecule has 2 aromatic carbocycles. The van der Waals surface area contributed by atoms with Gasteiger partial charge in [-0.15, -0.1) is 0 Å². The average Bonchev–Trinajstić information content (AvgIpc) is 2.78. The maximum atomic E-state index is 13.0. The minimum absolute atomic E-state index is 0.170. The van der Waals surface area contributed by atoms with Gasteiger partial charge in [0.1, 0.15) is 5.82 Å². The molecule has 32 heavy (non-hydrogen) atoms. The Labute approximate surface area is 185 Å². The number of rotatable bonds is 4. The maximum absolute atomic E-state index is 13.0. The Morgan fingerprint density at radius 2 is 1.72 bits per heavy atom. The van der Waals surface area contributed by atoms with Crippen LogP contribution in [-0.4, -0.2) is 39.3 Å². The van der Waals surface area contributed by atoms with E-state index in [0.29, 0.717) is 25.5 Å². The predicted octanol–water partition coefficient (Wildman–Crippen LogP) is 4.57. The summed E-state index contributed by atoms with van der Waals surface area (Å²) in [6.07, 6.45) is -2.40. The standard InChI is InChI=1S/C23H22F3N3O2S/c1-32(30,31)20-9-5-8-19(14-20)28-12-13-29(21(16-28)17-6-3-2-4-7-17)22-11-10-18(15-27-22)23(24,25)26/h2-11,14-15,21H,12-13,16H2,1H3/t21-/m1/s1. The zero-order valence-corrected chi connectivity index (χ0v) is 18.1. The maximum Gasteiger partial charge on any atom is 0.417 e. The SMILES string of the molecule is CS(=O)(=O)c1cccc(N2CCN(c3ccc(C(F)(F)F)cn3)[C@@H](c3ccccc3)C2)c1. The first-order chi connectivity index (χ1) is 15.1. The highest BCUT2D eigenvalue weighted by Gasteiger charge is 2.33. The van der Waals surface area contributed by atoms with E-state index in [0.717, 1.165) is 23.5 Å². The first-order valence-electron chi connectivity index (χ1n) is 10.0. The molecular weight excluding hydrogens is 439 g/mol. The summed E-state index contributed by atoms with van der Waals surface area (Å²) in [6.45, 7) is 1.61. The highest BCUT2D eigenvalue weighted by Crippen LogP contribution is 2.34. The molecule has 168 valence electrons. The first-order valence-corrected chi connectivity index (χ1v) is 11.9. The summed E-state index contributed by atoms with van der Waals surface area (Å²) in [6, 6.07) is 18.8. The van der Waals surface area contributed by atoms with Crippen LogP contribution >= 0.6 is 0 Å². The quantitative estimate of drug-likeness (QED) is 0.570. The van der Waals surface area contributed by atoms with Crippen LogP contribution in [-0.2, 0) is 16.0 Å². The molecule has 1 saturated heterocycles. The lowest BCUT2D eigenvalue weighted by atomic mass is 10.0. The van der Waals surface area contributed by atoms with Gasteiger partial charge in [-0.3, -0.25) is 0 Å². The van der Waals surface area contributed by atoms with Crippen LogP contribution in [0.1, 0.15) is 17.2 Å². The molecule has 0 unspecified atom stereocenters. The molecule has 5 nitrogen and oxygen atoms in total. The molecule has 1 aliphatic rings. The van der Waals surface area contributed by atoms with E-state index in [-0.39, 0.29) is 10.9 Å². The Kier molecular flexibility index (Phi) is 5.85. The van der Waals surface area contributed by atoms with Crippen molar-refractivity contribution in [2.24, 2.45) is 0 Å². The van der Waals surface area contributed by atoms with Crippen LogP contribution in [0.2, 0.25) is 0 Å². The Bertz CT molecular complexity index is 1180. The number of anilines is 2. The van der Waals surface area contributed by atoms with Crippen molar-refractivity contribution in [2.75, 3.05) is 35.7 Å². The summed E-state index contributed by atoms with van der Waals surface area (Å²) in [5, 5.41) is 0. The summed E-state index contributed by atoms with van der Waals surface area (Å²) in [7, 11) is -3.34. The molecule has 9 heteroatoms. The summed E-state index contributed by atoms with van der Waals surface area (Å²) in [4.78, 5) is 8.43. The van der Waals surface area contributed by atoms with Crippen LogP contribution in [0.5, 0.6) is 0 Å². The van der Waals surface area contributed by atoms with E-state index in [4.69, 9.17) is 0 Å². The molecule has 0 saturated carbocycles. The largest absolute Gasteiger partial charge is 0.417 e. The van der Waals surface area contributed by atoms with E-state index in [1.165, 1.54) is 12.3 Å². The lowest BCUT2D eigenvalue weighted by Gasteiger charge is -2.43. The van der Waals surface area contributed by atoms with E-state index in [1.54, 1.807) is 18.2 Å². The summed E-state index contributed by atoms with van der Waals surface area (Å²) in [5.41, 5.74) is 1.00. The van der Waals surface area contributed by atoms with Gasteiger partial charge < -0.3 is 9.80 Å². The van der Waals surface area contributed by atoms with Gasteiger partial charge in [0.2, 0.25) is 0 Å². The number of benzene rings is 2. The lowest BCUT2D eigenvalue weighted by molar-refractivity contribution is -0.137. The van der Waals surface area contributed by atoms with Crippen LogP contribution in [0.25, 0.3) is 0 Å². The molecular formula is C23H22F3N3O2S. The number of hydrogen-bond donors (Lipinski definition) is 0. The normalized spacial score (nSPS) is 17.4. The highest BCUT2D eigenvalue weighted by atomic mass is 32.2. The molecule has 1 fully saturated rings. The molecule has 1 atom stereocenters. The van der Waals surface area contributed by atoms with Crippen LogP contribution in [0.15, 0.2) is 77.8 Å². The van der Waals surface area contributed by atoms with Gasteiger partial charge in [-0.1, -0.05) is 36.4 Å². The second kappa shape index (κ2) is 8.46. The molecule has 0 spiro atoms. The van der Waals surface area contributed by atoms with Crippen LogP contribution < -0.4 is 9.80 Å². The number of pyridine rings is 1. The van der Waals surface area contributed by atoms with Gasteiger partial charge in [0, 0.05) is 37.8 Å². The Morgan fingerprint density at radius 3 is 2.34 bits per heavy atom. The van der Waals surface area contributed by atoms with Crippen molar-refractivity contribution in [1.29, 1.82) is 0 Å². The van der Waals surface area contributed by atoms with Gasteiger partial charge in [-0.25, -0.2) is 13.4 Å². The molecule has 4 rings (SSSR count). The van der Waals surface area contributed by atoms with E-state index in [9.17, 15) is 21.6 Å². The Morgan fingerprint density at radius 1 is 0.969 bits per heavy atom. The minimum Gasteiger partial charge on any atom is -0.367 e. The zero-order valence-electron chi connectivity index (χ0n) is 17.3. The van der Waals surface area contributed by atoms with Gasteiger partial charge in [-0.05, 0) is 35.9 Å². The van der Waals surface area contributed by atoms with Gasteiger partial charge in [-0.2, -0.15) is 13.2 Å². The Balaban J connectivity index is 1.66. The summed E-state index contributed by atoms with van der Waals surface area (Å²) < 4.78 is 62.8. The van der Waals surface area contributed by atoms with Crippen molar-refractivity contribution in [3.8, 4) is 0 Å². The second-order valence-corrected chi connectivity index (χ2v) is 9.75. The van der Waals surface area contributed by atoms with Crippen molar-refractivity contribution >= 4 is 21.3 Å². The van der Waals surface area contributed by atoms with Gasteiger partial charge in [0.05, 0.1) is 16.5 Å². The lowest BCUT2D eigenvalue weighted by Crippen LogP contribution is -2.49. The number of alkyl halides is 3. The fraction of sp³-hybridized carbons (Fsp3) is 0.261. The summed E-state index contributed by atoms with van der Waals surface area (Å²) in [5.74, 6) is 0.469. The first kappa shape index (κ1) is 22.1. The molecule has 0 amide bonds. The molecule has 3 aromatic rings. The highest BCUT2D eigenvalue weighted by molar-refractivity contribution is 7.90. The van der Waals surface area contributed by atoms with Crippen molar-refractivity contribution in [3.05, 3.63) is 84.1 Å². The molecule has 0 radical (unpaired) electrons. The molecule has 0 bridgehead atoms. The third-order valence-electron chi connectivity index (χ3n) is 5.55. The van der Waals surface area contributed by atoms with E-state index < -0.39 is 21.6 Å². The minimum atomic E-state index is -4.44. The number of piperazine rings is 1. The monoisotopic (exact) mass is 461 g/mol. The summed E-state index contributed by atoms with van der Waals surface area (Å²) >= 11 is 0. The van der Waals surface area contributed by atoms with Crippen LogP contribution in [0.3, 0.4) is 0 Å². The number of aromatic nitrogens is 1. The fourth-order valence-electron chi connectivity index (χ4n) is 3.89. The van der Waals surface area contributed by atoms with E-state index >= 15 is 0 Å². The third-order valence-corrected chi connectivity index (χ3v) is 6.66. The molecule has 2 heterocycles. The fourth-order valence-corrected chi connectivity index (χ4v) is 4.55. The van der Waals surface area contributed by atoms with Crippen molar-refractivity contribution in [2.45, 2.75) is 17.1 Å². The van der Waals surface area contributed by atoms with Crippen molar-refractivity contribution < 1.29 is 21.6 Å². The second-order valence-electron chi connectivity index (χ2n) is 7.74. The smallest absolute Gasteiger partial charge is 0.367 e. The zero-order chi connectivity index (χ0) is 22.9. The number of nitrogens with zero attached hydrogens (tertiary/aromatic N) is 3. The molecule has 1 aromatic heterocycles. The van der Waals surface area contributed by atoms with Gasteiger partial charge in [0.15, 0.2) is 9.84 Å². The van der Waals surface area contributed by atoms with Gasteiger partial charge in [0.25, 0.3) is 0 Å². The average molecular weight is 462 g/mol.